The van der Waals surface area contributed by atoms with Crippen LogP contribution in [0, 0.1) is 34.5 Å². The average Bonchev–Trinajstić information content (AvgIpc) is 3.06. The van der Waals surface area contributed by atoms with Gasteiger partial charge in [-0.05, 0) is 92.8 Å². The van der Waals surface area contributed by atoms with Crippen LogP contribution in [0.25, 0.3) is 0 Å². The molecule has 23 heavy (non-hydrogen) atoms. The van der Waals surface area contributed by atoms with Crippen LogP contribution >= 0.6 is 0 Å². The summed E-state index contributed by atoms with van der Waals surface area (Å²) in [7, 11) is 0. The SMILES string of the molecule is C[C@@H]1NC[C@]23CC[C@H]4[C@@H](CC=C5C[C@@H](O)CC[C@@]54C)[C@@H]2CC[C@H]13. The van der Waals surface area contributed by atoms with Crippen LogP contribution in [0.2, 0.25) is 0 Å². The molecule has 2 heteroatoms. The monoisotopic (exact) mass is 315 g/mol. The number of fused-ring (bicyclic) bond motifs is 4. The number of aliphatic hydroxyl groups is 1. The molecule has 0 amide bonds. The summed E-state index contributed by atoms with van der Waals surface area (Å²) >= 11 is 0. The number of aliphatic hydroxyl groups excluding tert-OH is 1. The molecule has 0 unspecified atom stereocenters. The Bertz CT molecular complexity index is 542. The Morgan fingerprint density at radius 2 is 1.91 bits per heavy atom. The maximum Gasteiger partial charge on any atom is 0.0577 e. The Morgan fingerprint density at radius 1 is 1.09 bits per heavy atom. The fourth-order valence-corrected chi connectivity index (χ4v) is 8.08. The van der Waals surface area contributed by atoms with E-state index in [1.54, 1.807) is 5.57 Å². The zero-order chi connectivity index (χ0) is 15.8. The minimum Gasteiger partial charge on any atom is -0.393 e. The molecule has 0 aromatic carbocycles. The normalized spacial score (nSPS) is 58.0. The van der Waals surface area contributed by atoms with Gasteiger partial charge >= 0.3 is 0 Å². The first kappa shape index (κ1) is 15.0. The van der Waals surface area contributed by atoms with Crippen LogP contribution in [0.15, 0.2) is 11.6 Å². The van der Waals surface area contributed by atoms with E-state index in [2.05, 4.69) is 25.2 Å². The van der Waals surface area contributed by atoms with Gasteiger partial charge in [0, 0.05) is 12.6 Å². The van der Waals surface area contributed by atoms with Crippen molar-refractivity contribution in [3.63, 3.8) is 0 Å². The number of hydrogen-bond donors (Lipinski definition) is 2. The fraction of sp³-hybridized carbons (Fsp3) is 0.905. The smallest absolute Gasteiger partial charge is 0.0577 e. The minimum absolute atomic E-state index is 0.0726. The van der Waals surface area contributed by atoms with E-state index in [0.717, 1.165) is 42.6 Å². The summed E-state index contributed by atoms with van der Waals surface area (Å²) in [6.45, 7) is 6.26. The summed E-state index contributed by atoms with van der Waals surface area (Å²) in [6, 6.07) is 0.742. The molecule has 1 aliphatic heterocycles. The number of nitrogens with one attached hydrogen (secondary N) is 1. The van der Waals surface area contributed by atoms with Gasteiger partial charge in [-0.1, -0.05) is 18.6 Å². The molecule has 1 heterocycles. The van der Waals surface area contributed by atoms with E-state index >= 15 is 0 Å². The highest BCUT2D eigenvalue weighted by atomic mass is 16.3. The highest BCUT2D eigenvalue weighted by molar-refractivity contribution is 5.26. The second-order valence-electron chi connectivity index (χ2n) is 9.78. The van der Waals surface area contributed by atoms with Gasteiger partial charge in [0.2, 0.25) is 0 Å². The van der Waals surface area contributed by atoms with Crippen molar-refractivity contribution in [2.75, 3.05) is 6.54 Å². The lowest BCUT2D eigenvalue weighted by atomic mass is 9.47. The molecule has 0 aromatic heterocycles. The minimum atomic E-state index is -0.0726. The van der Waals surface area contributed by atoms with Gasteiger partial charge in [0.15, 0.2) is 0 Å². The summed E-state index contributed by atoms with van der Waals surface area (Å²) in [5, 5.41) is 13.9. The Hall–Kier alpha value is -0.340. The van der Waals surface area contributed by atoms with Crippen molar-refractivity contribution < 1.29 is 5.11 Å². The lowest BCUT2D eigenvalue weighted by Gasteiger charge is -2.58. The van der Waals surface area contributed by atoms with E-state index in [1.807, 2.05) is 0 Å². The van der Waals surface area contributed by atoms with Gasteiger partial charge in [-0.3, -0.25) is 0 Å². The molecule has 5 rings (SSSR count). The number of allylic oxidation sites excluding steroid dienone is 1. The standard InChI is InChI=1S/C21H33NO/c1-13-17-5-6-19-16-4-3-14-11-15(23)7-9-20(14,2)18(16)8-10-21(17,19)12-22-13/h3,13,15-19,22-23H,4-12H2,1-2H3/t13-,15-,16+,17+,18-,19-,20-,21-/m0/s1. The summed E-state index contributed by atoms with van der Waals surface area (Å²) < 4.78 is 0. The lowest BCUT2D eigenvalue weighted by molar-refractivity contribution is -0.0456. The Balaban J connectivity index is 1.49. The third-order valence-electron chi connectivity index (χ3n) is 9.22. The fourth-order valence-electron chi connectivity index (χ4n) is 8.08. The van der Waals surface area contributed by atoms with Crippen molar-refractivity contribution in [3.8, 4) is 0 Å². The maximum absolute atomic E-state index is 10.1. The van der Waals surface area contributed by atoms with Gasteiger partial charge in [-0.2, -0.15) is 0 Å². The summed E-state index contributed by atoms with van der Waals surface area (Å²) in [5.41, 5.74) is 2.65. The molecule has 4 fully saturated rings. The molecule has 0 aromatic rings. The zero-order valence-corrected chi connectivity index (χ0v) is 14.9. The van der Waals surface area contributed by atoms with Gasteiger partial charge in [0.05, 0.1) is 6.10 Å². The second kappa shape index (κ2) is 4.85. The van der Waals surface area contributed by atoms with E-state index in [0.29, 0.717) is 10.8 Å². The van der Waals surface area contributed by atoms with Crippen molar-refractivity contribution in [2.45, 2.75) is 77.4 Å². The van der Waals surface area contributed by atoms with Gasteiger partial charge in [-0.25, -0.2) is 0 Å². The van der Waals surface area contributed by atoms with Gasteiger partial charge in [0.1, 0.15) is 0 Å². The highest BCUT2D eigenvalue weighted by Gasteiger charge is 2.62. The van der Waals surface area contributed by atoms with Crippen LogP contribution in [-0.4, -0.2) is 23.8 Å². The molecule has 2 nitrogen and oxygen atoms in total. The molecule has 0 radical (unpaired) electrons. The predicted molar refractivity (Wildman–Crippen MR) is 93.0 cm³/mol. The average molecular weight is 316 g/mol. The van der Waals surface area contributed by atoms with Crippen LogP contribution in [0.3, 0.4) is 0 Å². The molecule has 5 aliphatic rings. The molecular formula is C21H33NO. The first-order valence-electron chi connectivity index (χ1n) is 10.2. The van der Waals surface area contributed by atoms with Crippen molar-refractivity contribution in [1.29, 1.82) is 0 Å². The molecule has 8 atom stereocenters. The number of rotatable bonds is 0. The van der Waals surface area contributed by atoms with Crippen LogP contribution < -0.4 is 5.32 Å². The molecule has 1 saturated heterocycles. The summed E-state index contributed by atoms with van der Waals surface area (Å²) in [6.07, 6.45) is 12.9. The van der Waals surface area contributed by atoms with Crippen LogP contribution in [0.4, 0.5) is 0 Å². The quantitative estimate of drug-likeness (QED) is 0.665. The Morgan fingerprint density at radius 3 is 2.78 bits per heavy atom. The third kappa shape index (κ3) is 1.83. The van der Waals surface area contributed by atoms with E-state index in [9.17, 15) is 5.11 Å². The molecule has 2 N–H and O–H groups in total. The van der Waals surface area contributed by atoms with Crippen LogP contribution in [0.1, 0.15) is 65.2 Å². The van der Waals surface area contributed by atoms with Crippen molar-refractivity contribution in [1.82, 2.24) is 5.32 Å². The maximum atomic E-state index is 10.1. The van der Waals surface area contributed by atoms with Gasteiger partial charge in [-0.15, -0.1) is 0 Å². The van der Waals surface area contributed by atoms with Gasteiger partial charge < -0.3 is 10.4 Å². The van der Waals surface area contributed by atoms with Crippen LogP contribution in [-0.2, 0) is 0 Å². The van der Waals surface area contributed by atoms with Gasteiger partial charge in [0.25, 0.3) is 0 Å². The van der Waals surface area contributed by atoms with Crippen molar-refractivity contribution >= 4 is 0 Å². The topological polar surface area (TPSA) is 32.3 Å². The first-order valence-corrected chi connectivity index (χ1v) is 10.2. The molecule has 4 aliphatic carbocycles. The number of hydrogen-bond acceptors (Lipinski definition) is 2. The molecule has 128 valence electrons. The lowest BCUT2D eigenvalue weighted by Crippen LogP contribution is -2.51. The molecular weight excluding hydrogens is 282 g/mol. The zero-order valence-electron chi connectivity index (χ0n) is 14.9. The van der Waals surface area contributed by atoms with Crippen LogP contribution in [0.5, 0.6) is 0 Å². The van der Waals surface area contributed by atoms with E-state index < -0.39 is 0 Å². The molecule has 3 saturated carbocycles. The van der Waals surface area contributed by atoms with Crippen molar-refractivity contribution in [2.24, 2.45) is 34.5 Å². The molecule has 1 spiro atoms. The van der Waals surface area contributed by atoms with Crippen molar-refractivity contribution in [3.05, 3.63) is 11.6 Å². The Labute approximate surface area is 141 Å². The highest BCUT2D eigenvalue weighted by Crippen LogP contribution is 2.67. The summed E-state index contributed by atoms with van der Waals surface area (Å²) in [5.74, 6) is 3.72. The second-order valence-corrected chi connectivity index (χ2v) is 9.78. The van der Waals surface area contributed by atoms with E-state index in [1.165, 1.54) is 45.1 Å². The predicted octanol–water partition coefficient (Wildman–Crippen LogP) is 3.90. The molecule has 0 bridgehead atoms. The Kier molecular flexibility index (Phi) is 3.15. The largest absolute Gasteiger partial charge is 0.393 e. The third-order valence-corrected chi connectivity index (χ3v) is 9.22. The summed E-state index contributed by atoms with van der Waals surface area (Å²) in [4.78, 5) is 0. The first-order chi connectivity index (χ1) is 11.0. The van der Waals surface area contributed by atoms with E-state index in [-0.39, 0.29) is 6.10 Å². The van der Waals surface area contributed by atoms with E-state index in [4.69, 9.17) is 0 Å².